The van der Waals surface area contributed by atoms with E-state index in [0.29, 0.717) is 23.7 Å². The second-order valence-corrected chi connectivity index (χ2v) is 6.50. The van der Waals surface area contributed by atoms with Crippen LogP contribution in [0.1, 0.15) is 5.56 Å². The molecule has 0 aliphatic heterocycles. The van der Waals surface area contributed by atoms with Crippen molar-refractivity contribution in [2.24, 2.45) is 10.2 Å². The second kappa shape index (κ2) is 8.06. The minimum absolute atomic E-state index is 0.0701. The molecule has 4 rings (SSSR count). The van der Waals surface area contributed by atoms with Crippen LogP contribution in [-0.2, 0) is 6.54 Å². The number of para-hydroxylation sites is 1. The lowest BCUT2D eigenvalue weighted by atomic mass is 10.2. The highest BCUT2D eigenvalue weighted by atomic mass is 16.5. The molecule has 29 heavy (non-hydrogen) atoms. The van der Waals surface area contributed by atoms with Crippen LogP contribution in [0.4, 0.5) is 11.4 Å². The maximum atomic E-state index is 10.9. The number of hydrogen-bond acceptors (Lipinski definition) is 5. The number of benzene rings is 3. The summed E-state index contributed by atoms with van der Waals surface area (Å²) in [6.45, 7) is 0.452. The molecule has 0 fully saturated rings. The summed E-state index contributed by atoms with van der Waals surface area (Å²) in [6.07, 6.45) is 0. The highest BCUT2D eigenvalue weighted by Gasteiger charge is 2.17. The van der Waals surface area contributed by atoms with Gasteiger partial charge in [-0.25, -0.2) is 0 Å². The second-order valence-electron chi connectivity index (χ2n) is 6.50. The largest absolute Gasteiger partial charge is 0.493 e. The molecule has 0 atom stereocenters. The minimum Gasteiger partial charge on any atom is -0.493 e. The summed E-state index contributed by atoms with van der Waals surface area (Å²) >= 11 is 0. The van der Waals surface area contributed by atoms with Crippen molar-refractivity contribution in [1.82, 2.24) is 4.57 Å². The lowest BCUT2D eigenvalue weighted by Crippen LogP contribution is -2.00. The molecular weight excluding hydrogens is 366 g/mol. The summed E-state index contributed by atoms with van der Waals surface area (Å²) in [5.41, 5.74) is 3.01. The molecule has 0 bridgehead atoms. The smallest absolute Gasteiger partial charge is 0.221 e. The van der Waals surface area contributed by atoms with E-state index in [2.05, 4.69) is 10.2 Å². The summed E-state index contributed by atoms with van der Waals surface area (Å²) in [7, 11) is 3.21. The van der Waals surface area contributed by atoms with Crippen molar-refractivity contribution in [2.75, 3.05) is 14.2 Å². The van der Waals surface area contributed by atoms with Gasteiger partial charge in [0, 0.05) is 5.39 Å². The fourth-order valence-electron chi connectivity index (χ4n) is 3.29. The molecule has 1 N–H and O–H groups in total. The Bertz CT molecular complexity index is 1170. The normalized spacial score (nSPS) is 11.2. The van der Waals surface area contributed by atoms with Crippen molar-refractivity contribution in [3.63, 3.8) is 0 Å². The molecule has 6 nitrogen and oxygen atoms in total. The zero-order chi connectivity index (χ0) is 20.2. The lowest BCUT2D eigenvalue weighted by Gasteiger charge is -2.11. The van der Waals surface area contributed by atoms with Gasteiger partial charge in [0.15, 0.2) is 17.2 Å². The Morgan fingerprint density at radius 3 is 2.31 bits per heavy atom. The van der Waals surface area contributed by atoms with Gasteiger partial charge in [-0.1, -0.05) is 42.5 Å². The highest BCUT2D eigenvalue weighted by molar-refractivity contribution is 5.95. The molecule has 0 aliphatic carbocycles. The predicted octanol–water partition coefficient (Wildman–Crippen LogP) is 5.83. The fraction of sp³-hybridized carbons (Fsp3) is 0.130. The van der Waals surface area contributed by atoms with Gasteiger partial charge in [0.2, 0.25) is 5.88 Å². The summed E-state index contributed by atoms with van der Waals surface area (Å²) in [6, 6.07) is 22.9. The Balaban J connectivity index is 1.76. The molecule has 1 aromatic heterocycles. The van der Waals surface area contributed by atoms with Gasteiger partial charge < -0.3 is 19.1 Å². The van der Waals surface area contributed by atoms with Crippen molar-refractivity contribution in [3.8, 4) is 17.4 Å². The zero-order valence-electron chi connectivity index (χ0n) is 16.2. The summed E-state index contributed by atoms with van der Waals surface area (Å²) in [5.74, 6) is 1.38. The third-order valence-electron chi connectivity index (χ3n) is 4.73. The van der Waals surface area contributed by atoms with Crippen LogP contribution in [0.5, 0.6) is 17.4 Å². The lowest BCUT2D eigenvalue weighted by molar-refractivity contribution is 0.354. The van der Waals surface area contributed by atoms with Crippen molar-refractivity contribution in [1.29, 1.82) is 0 Å². The number of aromatic nitrogens is 1. The maximum absolute atomic E-state index is 10.9. The Hall–Kier alpha value is -3.80. The van der Waals surface area contributed by atoms with Gasteiger partial charge in [0.05, 0.1) is 32.0 Å². The van der Waals surface area contributed by atoms with E-state index in [-0.39, 0.29) is 5.88 Å². The minimum atomic E-state index is 0.0701. The van der Waals surface area contributed by atoms with Gasteiger partial charge >= 0.3 is 0 Å². The Morgan fingerprint density at radius 1 is 0.828 bits per heavy atom. The number of fused-ring (bicyclic) bond motifs is 1. The van der Waals surface area contributed by atoms with E-state index in [1.807, 2.05) is 77.4 Å². The topological polar surface area (TPSA) is 68.3 Å². The molecule has 0 unspecified atom stereocenters. The van der Waals surface area contributed by atoms with Crippen LogP contribution >= 0.6 is 0 Å². The third-order valence-corrected chi connectivity index (χ3v) is 4.73. The Labute approximate surface area is 168 Å². The molecule has 0 aliphatic rings. The molecular formula is C23H21N3O3. The molecule has 0 saturated heterocycles. The van der Waals surface area contributed by atoms with E-state index in [4.69, 9.17) is 9.47 Å². The van der Waals surface area contributed by atoms with Crippen LogP contribution in [0.15, 0.2) is 83.0 Å². The molecule has 3 aromatic carbocycles. The van der Waals surface area contributed by atoms with Gasteiger partial charge in [0.25, 0.3) is 0 Å². The van der Waals surface area contributed by atoms with Crippen molar-refractivity contribution < 1.29 is 14.6 Å². The highest BCUT2D eigenvalue weighted by Crippen LogP contribution is 2.40. The van der Waals surface area contributed by atoms with E-state index in [0.717, 1.165) is 22.2 Å². The van der Waals surface area contributed by atoms with Crippen LogP contribution < -0.4 is 9.47 Å². The SMILES string of the molecule is COc1ccc(Cn2c(O)c(N=Nc3ccccc3)c3ccccc32)cc1OC. The van der Waals surface area contributed by atoms with E-state index < -0.39 is 0 Å². The average Bonchev–Trinajstić information content (AvgIpc) is 3.04. The monoisotopic (exact) mass is 387 g/mol. The van der Waals surface area contributed by atoms with Gasteiger partial charge in [-0.2, -0.15) is 5.11 Å². The van der Waals surface area contributed by atoms with Crippen LogP contribution in [0, 0.1) is 0 Å². The number of azo groups is 1. The van der Waals surface area contributed by atoms with E-state index in [1.54, 1.807) is 14.2 Å². The maximum Gasteiger partial charge on any atom is 0.221 e. The fourth-order valence-corrected chi connectivity index (χ4v) is 3.29. The molecule has 0 saturated carbocycles. The molecule has 0 amide bonds. The summed E-state index contributed by atoms with van der Waals surface area (Å²) in [4.78, 5) is 0. The number of rotatable bonds is 6. The third kappa shape index (κ3) is 3.65. The number of aromatic hydroxyl groups is 1. The van der Waals surface area contributed by atoms with Gasteiger partial charge in [-0.3, -0.25) is 0 Å². The van der Waals surface area contributed by atoms with Gasteiger partial charge in [0.1, 0.15) is 0 Å². The first-order chi connectivity index (χ1) is 14.2. The van der Waals surface area contributed by atoms with Crippen LogP contribution in [0.2, 0.25) is 0 Å². The summed E-state index contributed by atoms with van der Waals surface area (Å²) in [5, 5.41) is 20.4. The predicted molar refractivity (Wildman–Crippen MR) is 113 cm³/mol. The number of ether oxygens (including phenoxy) is 2. The number of hydrogen-bond donors (Lipinski definition) is 1. The summed E-state index contributed by atoms with van der Waals surface area (Å²) < 4.78 is 12.5. The van der Waals surface area contributed by atoms with Crippen molar-refractivity contribution in [2.45, 2.75) is 6.54 Å². The average molecular weight is 387 g/mol. The van der Waals surface area contributed by atoms with E-state index in [1.165, 1.54) is 0 Å². The molecule has 0 radical (unpaired) electrons. The van der Waals surface area contributed by atoms with Gasteiger partial charge in [-0.05, 0) is 35.9 Å². The zero-order valence-corrected chi connectivity index (χ0v) is 16.2. The first kappa shape index (κ1) is 18.6. The first-order valence-electron chi connectivity index (χ1n) is 9.19. The molecule has 6 heteroatoms. The van der Waals surface area contributed by atoms with Crippen LogP contribution in [0.25, 0.3) is 10.9 Å². The van der Waals surface area contributed by atoms with E-state index in [9.17, 15) is 5.11 Å². The molecule has 4 aromatic rings. The Morgan fingerprint density at radius 2 is 1.55 bits per heavy atom. The van der Waals surface area contributed by atoms with Crippen LogP contribution in [0.3, 0.4) is 0 Å². The van der Waals surface area contributed by atoms with Crippen molar-refractivity contribution >= 4 is 22.3 Å². The number of methoxy groups -OCH3 is 2. The van der Waals surface area contributed by atoms with E-state index >= 15 is 0 Å². The van der Waals surface area contributed by atoms with Crippen LogP contribution in [-0.4, -0.2) is 23.9 Å². The first-order valence-corrected chi connectivity index (χ1v) is 9.19. The Kier molecular flexibility index (Phi) is 5.16. The van der Waals surface area contributed by atoms with Gasteiger partial charge in [-0.15, -0.1) is 5.11 Å². The standard InChI is InChI=1S/C23H21N3O3/c1-28-20-13-12-16(14-21(20)29-2)15-26-19-11-7-6-10-18(19)22(23(26)27)25-24-17-8-4-3-5-9-17/h3-14,27H,15H2,1-2H3. The molecule has 1 heterocycles. The number of nitrogens with zero attached hydrogens (tertiary/aromatic N) is 3. The molecule has 146 valence electrons. The molecule has 0 spiro atoms. The van der Waals surface area contributed by atoms with Crippen molar-refractivity contribution in [3.05, 3.63) is 78.4 Å². The quantitative estimate of drug-likeness (QED) is 0.423.